The molecule has 1 N–H and O–H groups in total. The first-order chi connectivity index (χ1) is 10.1. The quantitative estimate of drug-likeness (QED) is 0.656. The van der Waals surface area contributed by atoms with Crippen LogP contribution >= 0.6 is 0 Å². The highest BCUT2D eigenvalue weighted by molar-refractivity contribution is 5.48. The van der Waals surface area contributed by atoms with Gasteiger partial charge in [-0.25, -0.2) is 4.39 Å². The summed E-state index contributed by atoms with van der Waals surface area (Å²) in [6, 6.07) is 10.6. The number of halogens is 1. The molecule has 0 aliphatic carbocycles. The molecule has 5 nitrogen and oxygen atoms in total. The van der Waals surface area contributed by atoms with Crippen molar-refractivity contribution in [3.05, 3.63) is 69.5 Å². The normalized spacial score (nSPS) is 10.4. The largest absolute Gasteiger partial charge is 0.482 e. The summed E-state index contributed by atoms with van der Waals surface area (Å²) in [5.41, 5.74) is 1.38. The summed E-state index contributed by atoms with van der Waals surface area (Å²) in [4.78, 5) is 10.5. The average molecular weight is 290 g/mol. The van der Waals surface area contributed by atoms with Crippen LogP contribution in [0.4, 0.5) is 10.1 Å². The van der Waals surface area contributed by atoms with Gasteiger partial charge in [-0.3, -0.25) is 10.1 Å². The molecule has 6 heteroatoms. The Morgan fingerprint density at radius 2 is 2.05 bits per heavy atom. The van der Waals surface area contributed by atoms with Crippen LogP contribution < -0.4 is 10.1 Å². The van der Waals surface area contributed by atoms with Crippen molar-refractivity contribution in [3.8, 4) is 5.75 Å². The molecule has 21 heavy (non-hydrogen) atoms. The molecule has 0 aliphatic heterocycles. The zero-order valence-electron chi connectivity index (χ0n) is 11.5. The molecule has 2 aromatic rings. The summed E-state index contributed by atoms with van der Waals surface area (Å²) in [6.45, 7) is 0.649. The topological polar surface area (TPSA) is 64.4 Å². The minimum atomic E-state index is -0.496. The van der Waals surface area contributed by atoms with E-state index in [1.165, 1.54) is 18.2 Å². The Kier molecular flexibility index (Phi) is 4.84. The second-order valence-electron chi connectivity index (χ2n) is 4.51. The number of nitrogens with one attached hydrogen (secondary N) is 1. The Labute approximate surface area is 121 Å². The molecule has 0 aromatic heterocycles. The van der Waals surface area contributed by atoms with Gasteiger partial charge < -0.3 is 10.1 Å². The Hall–Kier alpha value is -2.47. The van der Waals surface area contributed by atoms with Crippen molar-refractivity contribution < 1.29 is 14.1 Å². The fraction of sp³-hybridized carbons (Fsp3) is 0.200. The van der Waals surface area contributed by atoms with Gasteiger partial charge in [0.15, 0.2) is 5.75 Å². The monoisotopic (exact) mass is 290 g/mol. The number of hydrogen-bond donors (Lipinski definition) is 1. The van der Waals surface area contributed by atoms with Crippen molar-refractivity contribution in [1.82, 2.24) is 5.32 Å². The van der Waals surface area contributed by atoms with Crippen molar-refractivity contribution in [2.24, 2.45) is 0 Å². The maximum absolute atomic E-state index is 13.1. The van der Waals surface area contributed by atoms with E-state index in [4.69, 9.17) is 4.74 Å². The predicted octanol–water partition coefficient (Wildman–Crippen LogP) is 3.03. The molecular weight excluding hydrogens is 275 g/mol. The van der Waals surface area contributed by atoms with Crippen LogP contribution in [0.25, 0.3) is 0 Å². The molecule has 0 spiro atoms. The first-order valence-corrected chi connectivity index (χ1v) is 6.39. The number of hydrogen-bond acceptors (Lipinski definition) is 4. The molecule has 0 heterocycles. The summed E-state index contributed by atoms with van der Waals surface area (Å²) in [7, 11) is 1.79. The number of nitro benzene ring substituents is 1. The highest BCUT2D eigenvalue weighted by Gasteiger charge is 2.15. The lowest BCUT2D eigenvalue weighted by molar-refractivity contribution is -0.386. The van der Waals surface area contributed by atoms with E-state index in [2.05, 4.69) is 5.32 Å². The van der Waals surface area contributed by atoms with Crippen molar-refractivity contribution in [2.75, 3.05) is 7.05 Å². The molecule has 0 unspecified atom stereocenters. The van der Waals surface area contributed by atoms with Crippen LogP contribution in [-0.4, -0.2) is 12.0 Å². The number of benzene rings is 2. The first-order valence-electron chi connectivity index (χ1n) is 6.39. The minimum Gasteiger partial charge on any atom is -0.482 e. The first kappa shape index (κ1) is 14.9. The van der Waals surface area contributed by atoms with E-state index >= 15 is 0 Å². The molecular formula is C15H15FN2O3. The van der Waals surface area contributed by atoms with Gasteiger partial charge in [-0.05, 0) is 36.4 Å². The molecule has 0 fully saturated rings. The third kappa shape index (κ3) is 4.00. The average Bonchev–Trinajstić information content (AvgIpc) is 2.45. The van der Waals surface area contributed by atoms with Crippen LogP contribution in [0.5, 0.6) is 5.75 Å². The molecule has 0 radical (unpaired) electrons. The van der Waals surface area contributed by atoms with Crippen LogP contribution in [0.15, 0.2) is 42.5 Å². The van der Waals surface area contributed by atoms with Gasteiger partial charge in [0.25, 0.3) is 0 Å². The molecule has 0 saturated heterocycles. The van der Waals surface area contributed by atoms with E-state index < -0.39 is 4.92 Å². The van der Waals surface area contributed by atoms with Gasteiger partial charge in [-0.1, -0.05) is 18.2 Å². The molecule has 110 valence electrons. The van der Waals surface area contributed by atoms with Crippen LogP contribution in [0.1, 0.15) is 11.1 Å². The summed E-state index contributed by atoms with van der Waals surface area (Å²) in [6.07, 6.45) is 0. The standard InChI is InChI=1S/C15H15FN2O3/c1-17-9-11-5-6-14(18(19)20)15(8-11)21-10-12-3-2-4-13(16)7-12/h2-8,17H,9-10H2,1H3. The lowest BCUT2D eigenvalue weighted by Crippen LogP contribution is -2.06. The summed E-state index contributed by atoms with van der Waals surface area (Å²) in [5.74, 6) is -0.188. The van der Waals surface area contributed by atoms with Crippen molar-refractivity contribution in [1.29, 1.82) is 0 Å². The molecule has 0 bridgehead atoms. The Morgan fingerprint density at radius 3 is 2.71 bits per heavy atom. The van der Waals surface area contributed by atoms with Crippen LogP contribution in [-0.2, 0) is 13.2 Å². The molecule has 0 amide bonds. The Balaban J connectivity index is 2.20. The third-order valence-electron chi connectivity index (χ3n) is 2.89. The van der Waals surface area contributed by atoms with Crippen LogP contribution in [0.2, 0.25) is 0 Å². The lowest BCUT2D eigenvalue weighted by atomic mass is 10.2. The van der Waals surface area contributed by atoms with Gasteiger partial charge in [-0.15, -0.1) is 0 Å². The zero-order valence-corrected chi connectivity index (χ0v) is 11.5. The second-order valence-corrected chi connectivity index (χ2v) is 4.51. The fourth-order valence-corrected chi connectivity index (χ4v) is 1.93. The molecule has 0 saturated carbocycles. The summed E-state index contributed by atoms with van der Waals surface area (Å²) in [5, 5.41) is 14.0. The number of nitro groups is 1. The maximum atomic E-state index is 13.1. The van der Waals surface area contributed by atoms with Crippen LogP contribution in [0, 0.1) is 15.9 Å². The van der Waals surface area contributed by atoms with E-state index in [0.29, 0.717) is 12.1 Å². The van der Waals surface area contributed by atoms with Crippen molar-refractivity contribution in [2.45, 2.75) is 13.2 Å². The van der Waals surface area contributed by atoms with Gasteiger partial charge in [-0.2, -0.15) is 0 Å². The van der Waals surface area contributed by atoms with Gasteiger partial charge in [0.05, 0.1) is 4.92 Å². The van der Waals surface area contributed by atoms with Crippen LogP contribution in [0.3, 0.4) is 0 Å². The highest BCUT2D eigenvalue weighted by atomic mass is 19.1. The molecule has 0 atom stereocenters. The van der Waals surface area contributed by atoms with Crippen molar-refractivity contribution >= 4 is 5.69 Å². The highest BCUT2D eigenvalue weighted by Crippen LogP contribution is 2.28. The van der Waals surface area contributed by atoms with E-state index in [1.54, 1.807) is 31.3 Å². The van der Waals surface area contributed by atoms with Gasteiger partial charge >= 0.3 is 5.69 Å². The summed E-state index contributed by atoms with van der Waals surface area (Å²) < 4.78 is 18.6. The van der Waals surface area contributed by atoms with Gasteiger partial charge in [0.1, 0.15) is 12.4 Å². The maximum Gasteiger partial charge on any atom is 0.310 e. The van der Waals surface area contributed by atoms with E-state index in [0.717, 1.165) is 5.56 Å². The lowest BCUT2D eigenvalue weighted by Gasteiger charge is -2.09. The van der Waals surface area contributed by atoms with E-state index in [9.17, 15) is 14.5 Å². The number of nitrogens with zero attached hydrogens (tertiary/aromatic N) is 1. The number of ether oxygens (including phenoxy) is 1. The third-order valence-corrected chi connectivity index (χ3v) is 2.89. The SMILES string of the molecule is CNCc1ccc([N+](=O)[O-])c(OCc2cccc(F)c2)c1. The smallest absolute Gasteiger partial charge is 0.310 e. The molecule has 2 rings (SSSR count). The second kappa shape index (κ2) is 6.81. The molecule has 2 aromatic carbocycles. The van der Waals surface area contributed by atoms with Gasteiger partial charge in [0.2, 0.25) is 0 Å². The predicted molar refractivity (Wildman–Crippen MR) is 76.6 cm³/mol. The molecule has 0 aliphatic rings. The van der Waals surface area contributed by atoms with E-state index in [-0.39, 0.29) is 23.9 Å². The fourth-order valence-electron chi connectivity index (χ4n) is 1.93. The number of rotatable bonds is 6. The summed E-state index contributed by atoms with van der Waals surface area (Å²) >= 11 is 0. The Morgan fingerprint density at radius 1 is 1.24 bits per heavy atom. The Bertz CT molecular complexity index is 647. The van der Waals surface area contributed by atoms with Crippen molar-refractivity contribution in [3.63, 3.8) is 0 Å². The minimum absolute atomic E-state index is 0.0710. The zero-order chi connectivity index (χ0) is 15.2. The van der Waals surface area contributed by atoms with Gasteiger partial charge in [0, 0.05) is 12.6 Å². The van der Waals surface area contributed by atoms with E-state index in [1.807, 2.05) is 0 Å².